The monoisotopic (exact) mass is 437 g/mol. The zero-order chi connectivity index (χ0) is 21.1. The molecular formula is C18H20ClN5O4S. The number of rotatable bonds is 5. The SMILES string of the molecule is CCOC(=O)c1c(NC(C)=O)sc2c1CCC/C2=N/NC(=O)c1c(Cl)cnn1C. The Balaban J connectivity index is 1.95. The van der Waals surface area contributed by atoms with E-state index >= 15 is 0 Å². The Morgan fingerprint density at radius 3 is 2.76 bits per heavy atom. The first-order valence-electron chi connectivity index (χ1n) is 8.98. The fraction of sp³-hybridized carbons (Fsp3) is 0.389. The smallest absolute Gasteiger partial charge is 0.341 e. The van der Waals surface area contributed by atoms with Gasteiger partial charge in [0.1, 0.15) is 10.7 Å². The van der Waals surface area contributed by atoms with Crippen molar-refractivity contribution < 1.29 is 19.1 Å². The fourth-order valence-corrected chi connectivity index (χ4v) is 4.65. The van der Waals surface area contributed by atoms with E-state index in [1.54, 1.807) is 14.0 Å². The van der Waals surface area contributed by atoms with Crippen molar-refractivity contribution in [2.45, 2.75) is 33.1 Å². The van der Waals surface area contributed by atoms with E-state index in [0.717, 1.165) is 16.9 Å². The lowest BCUT2D eigenvalue weighted by Gasteiger charge is -2.15. The second kappa shape index (κ2) is 8.75. The number of thiophene rings is 1. The molecule has 0 aliphatic heterocycles. The van der Waals surface area contributed by atoms with Gasteiger partial charge in [-0.2, -0.15) is 10.2 Å². The highest BCUT2D eigenvalue weighted by Crippen LogP contribution is 2.38. The van der Waals surface area contributed by atoms with Gasteiger partial charge < -0.3 is 10.1 Å². The highest BCUT2D eigenvalue weighted by atomic mass is 35.5. The molecule has 11 heteroatoms. The van der Waals surface area contributed by atoms with Crippen molar-refractivity contribution in [1.82, 2.24) is 15.2 Å². The Morgan fingerprint density at radius 2 is 2.14 bits per heavy atom. The maximum Gasteiger partial charge on any atom is 0.341 e. The number of nitrogens with zero attached hydrogens (tertiary/aromatic N) is 3. The highest BCUT2D eigenvalue weighted by molar-refractivity contribution is 7.19. The third-order valence-corrected chi connectivity index (χ3v) is 5.75. The number of halogens is 1. The standard InChI is InChI=1S/C18H20ClN5O4S/c1-4-28-18(27)13-10-6-5-7-12(15(10)29-17(13)21-9(2)25)22-23-16(26)14-11(19)8-20-24(14)3/h8H,4-7H2,1-3H3,(H,21,25)(H,23,26)/b22-12-. The molecular weight excluding hydrogens is 418 g/mol. The van der Waals surface area contributed by atoms with E-state index in [1.807, 2.05) is 0 Å². The zero-order valence-corrected chi connectivity index (χ0v) is 17.7. The number of aromatic nitrogens is 2. The number of nitrogens with one attached hydrogen (secondary N) is 2. The van der Waals surface area contributed by atoms with E-state index in [-0.39, 0.29) is 23.2 Å². The summed E-state index contributed by atoms with van der Waals surface area (Å²) in [5.41, 5.74) is 4.47. The molecule has 0 aromatic carbocycles. The Labute approximate surface area is 176 Å². The summed E-state index contributed by atoms with van der Waals surface area (Å²) in [4.78, 5) is 37.2. The first-order chi connectivity index (χ1) is 13.8. The lowest BCUT2D eigenvalue weighted by atomic mass is 9.94. The zero-order valence-electron chi connectivity index (χ0n) is 16.2. The summed E-state index contributed by atoms with van der Waals surface area (Å²) in [6.45, 7) is 3.33. The largest absolute Gasteiger partial charge is 0.462 e. The summed E-state index contributed by atoms with van der Waals surface area (Å²) in [6, 6.07) is 0. The van der Waals surface area contributed by atoms with E-state index in [4.69, 9.17) is 16.3 Å². The van der Waals surface area contributed by atoms with Gasteiger partial charge in [0.15, 0.2) is 0 Å². The molecule has 2 aromatic heterocycles. The lowest BCUT2D eigenvalue weighted by molar-refractivity contribution is -0.114. The number of hydrogen-bond acceptors (Lipinski definition) is 7. The molecule has 0 atom stereocenters. The molecule has 1 aliphatic carbocycles. The molecule has 0 saturated heterocycles. The molecule has 3 rings (SSSR count). The van der Waals surface area contributed by atoms with Crippen molar-refractivity contribution in [2.75, 3.05) is 11.9 Å². The fourth-order valence-electron chi connectivity index (χ4n) is 3.09. The number of ether oxygens (including phenoxy) is 1. The van der Waals surface area contributed by atoms with E-state index in [2.05, 4.69) is 20.9 Å². The van der Waals surface area contributed by atoms with E-state index in [0.29, 0.717) is 29.1 Å². The number of fused-ring (bicyclic) bond motifs is 1. The Kier molecular flexibility index (Phi) is 6.33. The topological polar surface area (TPSA) is 115 Å². The Hall–Kier alpha value is -2.72. The van der Waals surface area contributed by atoms with Crippen LogP contribution in [-0.2, 0) is 23.0 Å². The first-order valence-corrected chi connectivity index (χ1v) is 10.2. The van der Waals surface area contributed by atoms with Gasteiger partial charge in [0.2, 0.25) is 5.91 Å². The van der Waals surface area contributed by atoms with Crippen LogP contribution in [0.2, 0.25) is 5.02 Å². The third-order valence-electron chi connectivity index (χ3n) is 4.28. The van der Waals surface area contributed by atoms with Gasteiger partial charge in [0.05, 0.1) is 34.0 Å². The molecule has 2 aromatic rings. The number of anilines is 1. The van der Waals surface area contributed by atoms with Crippen LogP contribution in [0, 0.1) is 0 Å². The normalized spacial score (nSPS) is 14.4. The molecule has 154 valence electrons. The van der Waals surface area contributed by atoms with Crippen LogP contribution in [0.4, 0.5) is 5.00 Å². The summed E-state index contributed by atoms with van der Waals surface area (Å²) in [5, 5.41) is 11.6. The summed E-state index contributed by atoms with van der Waals surface area (Å²) in [5.74, 6) is -1.26. The summed E-state index contributed by atoms with van der Waals surface area (Å²) >= 11 is 7.25. The van der Waals surface area contributed by atoms with Crippen molar-refractivity contribution in [3.63, 3.8) is 0 Å². The van der Waals surface area contributed by atoms with Gasteiger partial charge in [-0.05, 0) is 31.7 Å². The van der Waals surface area contributed by atoms with Crippen LogP contribution in [-0.4, -0.2) is 39.9 Å². The summed E-state index contributed by atoms with van der Waals surface area (Å²) in [6.07, 6.45) is 3.40. The number of carbonyl (C=O) groups excluding carboxylic acids is 3. The van der Waals surface area contributed by atoms with Crippen molar-refractivity contribution >= 4 is 51.4 Å². The molecule has 0 spiro atoms. The summed E-state index contributed by atoms with van der Waals surface area (Å²) in [7, 11) is 1.61. The van der Waals surface area contributed by atoms with Crippen LogP contribution in [0.3, 0.4) is 0 Å². The number of esters is 1. The minimum atomic E-state index is -0.487. The van der Waals surface area contributed by atoms with Crippen LogP contribution < -0.4 is 10.7 Å². The van der Waals surface area contributed by atoms with Crippen molar-refractivity contribution in [2.24, 2.45) is 12.1 Å². The molecule has 9 nitrogen and oxygen atoms in total. The van der Waals surface area contributed by atoms with Gasteiger partial charge in [-0.3, -0.25) is 14.3 Å². The van der Waals surface area contributed by atoms with Gasteiger partial charge in [-0.15, -0.1) is 11.3 Å². The van der Waals surface area contributed by atoms with Crippen LogP contribution in [0.1, 0.15) is 58.0 Å². The van der Waals surface area contributed by atoms with Gasteiger partial charge in [-0.25, -0.2) is 10.2 Å². The van der Waals surface area contributed by atoms with Gasteiger partial charge in [0, 0.05) is 14.0 Å². The van der Waals surface area contributed by atoms with Crippen molar-refractivity contribution in [3.05, 3.63) is 32.9 Å². The minimum Gasteiger partial charge on any atom is -0.462 e. The van der Waals surface area contributed by atoms with Crippen LogP contribution >= 0.6 is 22.9 Å². The van der Waals surface area contributed by atoms with E-state index < -0.39 is 11.9 Å². The van der Waals surface area contributed by atoms with Crippen LogP contribution in [0.5, 0.6) is 0 Å². The van der Waals surface area contributed by atoms with Crippen LogP contribution in [0.15, 0.2) is 11.3 Å². The Bertz CT molecular complexity index is 991. The second-order valence-electron chi connectivity index (χ2n) is 6.33. The first kappa shape index (κ1) is 21.0. The van der Waals surface area contributed by atoms with E-state index in [1.165, 1.54) is 29.1 Å². The molecule has 0 unspecified atom stereocenters. The number of aryl methyl sites for hydroxylation is 1. The third kappa shape index (κ3) is 4.33. The molecule has 1 aliphatic rings. The minimum absolute atomic E-state index is 0.198. The molecule has 0 radical (unpaired) electrons. The summed E-state index contributed by atoms with van der Waals surface area (Å²) < 4.78 is 6.53. The average molecular weight is 438 g/mol. The quantitative estimate of drug-likeness (QED) is 0.551. The molecule has 0 saturated carbocycles. The lowest BCUT2D eigenvalue weighted by Crippen LogP contribution is -2.24. The maximum atomic E-state index is 12.5. The molecule has 2 amide bonds. The van der Waals surface area contributed by atoms with Crippen molar-refractivity contribution in [3.8, 4) is 0 Å². The van der Waals surface area contributed by atoms with E-state index in [9.17, 15) is 14.4 Å². The highest BCUT2D eigenvalue weighted by Gasteiger charge is 2.30. The molecule has 29 heavy (non-hydrogen) atoms. The average Bonchev–Trinajstić information content (AvgIpc) is 3.19. The number of amides is 2. The van der Waals surface area contributed by atoms with Crippen molar-refractivity contribution in [1.29, 1.82) is 0 Å². The van der Waals surface area contributed by atoms with Gasteiger partial charge in [0.25, 0.3) is 5.91 Å². The van der Waals surface area contributed by atoms with Gasteiger partial charge >= 0.3 is 5.97 Å². The number of carbonyl (C=O) groups is 3. The molecule has 0 fully saturated rings. The Morgan fingerprint density at radius 1 is 1.38 bits per heavy atom. The molecule has 0 bridgehead atoms. The van der Waals surface area contributed by atoms with Crippen LogP contribution in [0.25, 0.3) is 0 Å². The number of hydrogen-bond donors (Lipinski definition) is 2. The maximum absolute atomic E-state index is 12.5. The predicted molar refractivity (Wildman–Crippen MR) is 110 cm³/mol. The predicted octanol–water partition coefficient (Wildman–Crippen LogP) is 2.74. The number of hydrazone groups is 1. The molecule has 2 heterocycles. The molecule has 2 N–H and O–H groups in total. The van der Waals surface area contributed by atoms with Gasteiger partial charge in [-0.1, -0.05) is 11.6 Å². The second-order valence-corrected chi connectivity index (χ2v) is 7.76.